The summed E-state index contributed by atoms with van der Waals surface area (Å²) in [7, 11) is 0. The zero-order valence-electron chi connectivity index (χ0n) is 11.2. The molecule has 1 N–H and O–H groups in total. The van der Waals surface area contributed by atoms with E-state index in [0.29, 0.717) is 22.3 Å². The molecule has 0 saturated heterocycles. The van der Waals surface area contributed by atoms with E-state index >= 15 is 0 Å². The Kier molecular flexibility index (Phi) is 4.50. The van der Waals surface area contributed by atoms with Crippen molar-refractivity contribution < 1.29 is 4.79 Å². The predicted molar refractivity (Wildman–Crippen MR) is 88.4 cm³/mol. The maximum atomic E-state index is 12.1. The van der Waals surface area contributed by atoms with E-state index in [1.807, 2.05) is 0 Å². The number of halogens is 2. The molecule has 1 aromatic heterocycles. The Labute approximate surface area is 137 Å². The lowest BCUT2D eigenvalue weighted by Crippen LogP contribution is -2.36. The third-order valence-corrected chi connectivity index (χ3v) is 5.03. The van der Waals surface area contributed by atoms with E-state index in [1.54, 1.807) is 29.5 Å². The van der Waals surface area contributed by atoms with Crippen LogP contribution >= 0.6 is 34.5 Å². The number of nitrogens with zero attached hydrogens (tertiary/aromatic N) is 1. The lowest BCUT2D eigenvalue weighted by Gasteiger charge is -2.26. The van der Waals surface area contributed by atoms with Crippen LogP contribution in [0.15, 0.2) is 29.6 Å². The van der Waals surface area contributed by atoms with Crippen LogP contribution in [0.3, 0.4) is 0 Å². The van der Waals surface area contributed by atoms with Gasteiger partial charge in [0.1, 0.15) is 0 Å². The van der Waals surface area contributed by atoms with Gasteiger partial charge in [0.2, 0.25) is 5.91 Å². The van der Waals surface area contributed by atoms with Crippen molar-refractivity contribution in [1.82, 2.24) is 4.90 Å². The van der Waals surface area contributed by atoms with E-state index in [1.165, 1.54) is 10.4 Å². The first-order chi connectivity index (χ1) is 10.1. The van der Waals surface area contributed by atoms with Gasteiger partial charge in [0.05, 0.1) is 17.3 Å². The molecule has 1 aliphatic heterocycles. The summed E-state index contributed by atoms with van der Waals surface area (Å²) >= 11 is 13.7. The molecule has 3 nitrogen and oxygen atoms in total. The summed E-state index contributed by atoms with van der Waals surface area (Å²) in [5, 5.41) is 5.95. The summed E-state index contributed by atoms with van der Waals surface area (Å²) in [6, 6.07) is 7.19. The van der Waals surface area contributed by atoms with Gasteiger partial charge in [-0.15, -0.1) is 11.3 Å². The number of hydrogen-bond donors (Lipinski definition) is 1. The van der Waals surface area contributed by atoms with Gasteiger partial charge in [-0.3, -0.25) is 9.69 Å². The Morgan fingerprint density at radius 2 is 2.19 bits per heavy atom. The molecule has 6 heteroatoms. The quantitative estimate of drug-likeness (QED) is 0.913. The second-order valence-electron chi connectivity index (χ2n) is 5.00. The highest BCUT2D eigenvalue weighted by Gasteiger charge is 2.19. The molecule has 1 aliphatic rings. The highest BCUT2D eigenvalue weighted by molar-refractivity contribution is 7.10. The van der Waals surface area contributed by atoms with Crippen LogP contribution in [-0.4, -0.2) is 23.9 Å². The highest BCUT2D eigenvalue weighted by Crippen LogP contribution is 2.26. The fourth-order valence-corrected chi connectivity index (χ4v) is 3.77. The van der Waals surface area contributed by atoms with E-state index < -0.39 is 0 Å². The zero-order valence-corrected chi connectivity index (χ0v) is 13.6. The Hall–Kier alpha value is -1.07. The molecule has 0 saturated carbocycles. The summed E-state index contributed by atoms with van der Waals surface area (Å²) in [4.78, 5) is 15.7. The number of amides is 1. The Bertz CT molecular complexity index is 671. The van der Waals surface area contributed by atoms with Crippen LogP contribution in [0.4, 0.5) is 5.69 Å². The molecular formula is C15H14Cl2N2OS. The normalized spacial score (nSPS) is 14.8. The fourth-order valence-electron chi connectivity index (χ4n) is 2.43. The number of benzene rings is 1. The largest absolute Gasteiger partial charge is 0.324 e. The van der Waals surface area contributed by atoms with Crippen molar-refractivity contribution in [1.29, 1.82) is 0 Å². The number of carbonyl (C=O) groups is 1. The molecule has 0 unspecified atom stereocenters. The van der Waals surface area contributed by atoms with Gasteiger partial charge in [-0.25, -0.2) is 0 Å². The molecule has 0 atom stereocenters. The van der Waals surface area contributed by atoms with Crippen molar-refractivity contribution >= 4 is 46.1 Å². The molecule has 0 bridgehead atoms. The summed E-state index contributed by atoms with van der Waals surface area (Å²) in [5.74, 6) is -0.0575. The monoisotopic (exact) mass is 340 g/mol. The molecular weight excluding hydrogens is 327 g/mol. The van der Waals surface area contributed by atoms with E-state index in [-0.39, 0.29) is 5.91 Å². The van der Waals surface area contributed by atoms with Crippen LogP contribution in [0.5, 0.6) is 0 Å². The third kappa shape index (κ3) is 3.58. The van der Waals surface area contributed by atoms with Crippen LogP contribution in [-0.2, 0) is 17.8 Å². The van der Waals surface area contributed by atoms with E-state index in [4.69, 9.17) is 23.2 Å². The smallest absolute Gasteiger partial charge is 0.238 e. The number of hydrogen-bond acceptors (Lipinski definition) is 3. The average Bonchev–Trinajstić information content (AvgIpc) is 2.89. The lowest BCUT2D eigenvalue weighted by atomic mass is 10.1. The van der Waals surface area contributed by atoms with Crippen LogP contribution < -0.4 is 5.32 Å². The first-order valence-corrected chi connectivity index (χ1v) is 8.28. The second-order valence-corrected chi connectivity index (χ2v) is 6.85. The number of thiophene rings is 1. The van der Waals surface area contributed by atoms with Crippen LogP contribution in [0.1, 0.15) is 10.4 Å². The molecule has 110 valence electrons. The van der Waals surface area contributed by atoms with Crippen LogP contribution in [0.25, 0.3) is 0 Å². The summed E-state index contributed by atoms with van der Waals surface area (Å²) < 4.78 is 0. The van der Waals surface area contributed by atoms with Crippen molar-refractivity contribution in [3.8, 4) is 0 Å². The molecule has 3 rings (SSSR count). The molecule has 2 aromatic rings. The first kappa shape index (κ1) is 14.9. The van der Waals surface area contributed by atoms with E-state index in [2.05, 4.69) is 21.7 Å². The molecule has 0 fully saturated rings. The number of carbonyl (C=O) groups excluding carboxylic acids is 1. The van der Waals surface area contributed by atoms with Crippen LogP contribution in [0, 0.1) is 0 Å². The predicted octanol–water partition coefficient (Wildman–Crippen LogP) is 4.05. The van der Waals surface area contributed by atoms with E-state index in [9.17, 15) is 4.79 Å². The van der Waals surface area contributed by atoms with Gasteiger partial charge in [0.15, 0.2) is 0 Å². The summed E-state index contributed by atoms with van der Waals surface area (Å²) in [6.45, 7) is 2.12. The van der Waals surface area contributed by atoms with Crippen molar-refractivity contribution in [3.63, 3.8) is 0 Å². The SMILES string of the molecule is O=C(CN1CCc2sccc2C1)Nc1ccc(Cl)cc1Cl. The minimum Gasteiger partial charge on any atom is -0.324 e. The number of fused-ring (bicyclic) bond motifs is 1. The van der Waals surface area contributed by atoms with Crippen molar-refractivity contribution in [2.24, 2.45) is 0 Å². The molecule has 0 aliphatic carbocycles. The van der Waals surface area contributed by atoms with Crippen LogP contribution in [0.2, 0.25) is 10.0 Å². The van der Waals surface area contributed by atoms with Gasteiger partial charge in [-0.2, -0.15) is 0 Å². The Balaban J connectivity index is 1.60. The zero-order chi connectivity index (χ0) is 14.8. The topological polar surface area (TPSA) is 32.3 Å². The average molecular weight is 341 g/mol. The van der Waals surface area contributed by atoms with Crippen molar-refractivity contribution in [2.75, 3.05) is 18.4 Å². The third-order valence-electron chi connectivity index (χ3n) is 3.46. The molecule has 1 aromatic carbocycles. The lowest BCUT2D eigenvalue weighted by molar-refractivity contribution is -0.117. The van der Waals surface area contributed by atoms with E-state index in [0.717, 1.165) is 19.5 Å². The molecule has 21 heavy (non-hydrogen) atoms. The molecule has 2 heterocycles. The van der Waals surface area contributed by atoms with Gasteiger partial charge in [-0.1, -0.05) is 23.2 Å². The summed E-state index contributed by atoms with van der Waals surface area (Å²) in [6.07, 6.45) is 1.02. The fraction of sp³-hybridized carbons (Fsp3) is 0.267. The number of rotatable bonds is 3. The Morgan fingerprint density at radius 3 is 3.00 bits per heavy atom. The maximum Gasteiger partial charge on any atom is 0.238 e. The molecule has 0 spiro atoms. The van der Waals surface area contributed by atoms with Crippen molar-refractivity contribution in [3.05, 3.63) is 50.1 Å². The maximum absolute atomic E-state index is 12.1. The minimum absolute atomic E-state index is 0.0575. The van der Waals surface area contributed by atoms with Gasteiger partial charge in [0, 0.05) is 23.0 Å². The van der Waals surface area contributed by atoms with Gasteiger partial charge >= 0.3 is 0 Å². The summed E-state index contributed by atoms with van der Waals surface area (Å²) in [5.41, 5.74) is 1.93. The number of nitrogens with one attached hydrogen (secondary N) is 1. The first-order valence-electron chi connectivity index (χ1n) is 6.64. The van der Waals surface area contributed by atoms with Gasteiger partial charge < -0.3 is 5.32 Å². The number of anilines is 1. The highest BCUT2D eigenvalue weighted by atomic mass is 35.5. The van der Waals surface area contributed by atoms with Gasteiger partial charge in [-0.05, 0) is 41.6 Å². The molecule has 0 radical (unpaired) electrons. The Morgan fingerprint density at radius 1 is 1.33 bits per heavy atom. The van der Waals surface area contributed by atoms with Gasteiger partial charge in [0.25, 0.3) is 0 Å². The molecule has 1 amide bonds. The minimum atomic E-state index is -0.0575. The second kappa shape index (κ2) is 6.36. The van der Waals surface area contributed by atoms with Crippen molar-refractivity contribution in [2.45, 2.75) is 13.0 Å². The standard InChI is InChI=1S/C15H14Cl2N2OS/c16-11-1-2-13(12(17)7-11)18-15(20)9-19-5-3-14-10(8-19)4-6-21-14/h1-2,4,6-7H,3,5,8-9H2,(H,18,20).